The lowest BCUT2D eigenvalue weighted by Gasteiger charge is -2.27. The van der Waals surface area contributed by atoms with E-state index in [1.165, 1.54) is 6.07 Å². The molecule has 0 radical (unpaired) electrons. The normalized spacial score (nSPS) is 14.9. The van der Waals surface area contributed by atoms with Gasteiger partial charge in [0.2, 0.25) is 5.95 Å². The lowest BCUT2D eigenvalue weighted by Crippen LogP contribution is -2.49. The molecule has 2 aliphatic rings. The van der Waals surface area contributed by atoms with E-state index < -0.39 is 5.91 Å². The number of hydrogen-bond acceptors (Lipinski definition) is 6. The zero-order valence-electron chi connectivity index (χ0n) is 21.9. The molecule has 0 spiro atoms. The molecule has 9 nitrogen and oxygen atoms in total. The van der Waals surface area contributed by atoms with E-state index in [-0.39, 0.29) is 11.8 Å². The van der Waals surface area contributed by atoms with Gasteiger partial charge < -0.3 is 21.3 Å². The van der Waals surface area contributed by atoms with Crippen LogP contribution >= 0.6 is 22.6 Å². The van der Waals surface area contributed by atoms with Crippen LogP contribution in [0.3, 0.4) is 0 Å². The number of amides is 1. The number of aromatic nitrogens is 2. The first-order chi connectivity index (χ1) is 20.0. The number of aliphatic imine (C=N–C) groups is 2. The number of rotatable bonds is 4. The summed E-state index contributed by atoms with van der Waals surface area (Å²) in [5.41, 5.74) is 11.5. The number of nitrogens with one attached hydrogen (secondary N) is 2. The van der Waals surface area contributed by atoms with Crippen molar-refractivity contribution >= 4 is 51.8 Å². The van der Waals surface area contributed by atoms with Gasteiger partial charge in [-0.3, -0.25) is 9.79 Å². The van der Waals surface area contributed by atoms with Crippen LogP contribution in [0.1, 0.15) is 27.0 Å². The van der Waals surface area contributed by atoms with Crippen LogP contribution in [0.15, 0.2) is 82.9 Å². The number of guanidine groups is 1. The van der Waals surface area contributed by atoms with Crippen LogP contribution in [-0.2, 0) is 6.54 Å². The molecule has 3 aromatic carbocycles. The summed E-state index contributed by atoms with van der Waals surface area (Å²) in [4.78, 5) is 32.7. The molecule has 0 atom stereocenters. The van der Waals surface area contributed by atoms with Gasteiger partial charge in [-0.2, -0.15) is 4.99 Å². The van der Waals surface area contributed by atoms with Crippen molar-refractivity contribution < 1.29 is 9.18 Å². The van der Waals surface area contributed by atoms with Crippen molar-refractivity contribution in [2.24, 2.45) is 15.7 Å². The number of carbonyl (C=O) groups excluding carboxylic acids is 1. The third kappa shape index (κ3) is 5.81. The molecule has 6 rings (SSSR count). The highest BCUT2D eigenvalue weighted by Gasteiger charge is 2.23. The molecule has 206 valence electrons. The molecule has 1 saturated heterocycles. The summed E-state index contributed by atoms with van der Waals surface area (Å²) in [5.74, 6) is -0.0999. The van der Waals surface area contributed by atoms with Gasteiger partial charge >= 0.3 is 0 Å². The lowest BCUT2D eigenvalue weighted by molar-refractivity contribution is 0.100. The molecule has 41 heavy (non-hydrogen) atoms. The Morgan fingerprint density at radius 3 is 2.59 bits per heavy atom. The van der Waals surface area contributed by atoms with E-state index in [9.17, 15) is 9.18 Å². The highest BCUT2D eigenvalue weighted by atomic mass is 127. The maximum Gasteiger partial charge on any atom is 0.280 e. The first kappa shape index (κ1) is 27.0. The Morgan fingerprint density at radius 1 is 1.02 bits per heavy atom. The molecule has 0 aliphatic carbocycles. The predicted molar refractivity (Wildman–Crippen MR) is 166 cm³/mol. The maximum atomic E-state index is 14.8. The van der Waals surface area contributed by atoms with Gasteiger partial charge in [0.1, 0.15) is 5.82 Å². The fourth-order valence-electron chi connectivity index (χ4n) is 4.83. The highest BCUT2D eigenvalue weighted by molar-refractivity contribution is 14.1. The number of anilines is 2. The van der Waals surface area contributed by atoms with Gasteiger partial charge in [0.15, 0.2) is 5.96 Å². The second kappa shape index (κ2) is 11.7. The van der Waals surface area contributed by atoms with Crippen molar-refractivity contribution in [3.05, 3.63) is 105 Å². The van der Waals surface area contributed by atoms with E-state index >= 15 is 0 Å². The average Bonchev–Trinajstić information content (AvgIpc) is 3.14. The van der Waals surface area contributed by atoms with Gasteiger partial charge in [0.05, 0.1) is 18.0 Å². The van der Waals surface area contributed by atoms with Crippen LogP contribution in [0, 0.1) is 9.39 Å². The maximum absolute atomic E-state index is 14.8. The van der Waals surface area contributed by atoms with E-state index in [1.54, 1.807) is 48.7 Å². The van der Waals surface area contributed by atoms with E-state index in [1.807, 2.05) is 23.1 Å². The van der Waals surface area contributed by atoms with Crippen molar-refractivity contribution in [2.75, 3.05) is 31.5 Å². The number of piperazine rings is 1. The van der Waals surface area contributed by atoms with Gasteiger partial charge in [0, 0.05) is 69.5 Å². The molecule has 4 N–H and O–H groups in total. The van der Waals surface area contributed by atoms with Crippen molar-refractivity contribution in [3.8, 4) is 11.3 Å². The Bertz CT molecular complexity index is 1680. The fourth-order valence-corrected chi connectivity index (χ4v) is 5.32. The zero-order chi connectivity index (χ0) is 28.3. The molecule has 4 aromatic rings. The third-order valence-corrected chi connectivity index (χ3v) is 7.61. The Hall–Kier alpha value is -4.23. The first-order valence-electron chi connectivity index (χ1n) is 13.1. The van der Waals surface area contributed by atoms with Crippen molar-refractivity contribution in [1.82, 2.24) is 20.2 Å². The third-order valence-electron chi connectivity index (χ3n) is 6.94. The largest absolute Gasteiger partial charge is 0.369 e. The van der Waals surface area contributed by atoms with Crippen LogP contribution in [0.2, 0.25) is 0 Å². The number of fused-ring (bicyclic) bond motifs is 3. The second-order valence-electron chi connectivity index (χ2n) is 9.62. The van der Waals surface area contributed by atoms with Crippen molar-refractivity contribution in [1.29, 1.82) is 0 Å². The summed E-state index contributed by atoms with van der Waals surface area (Å²) in [6.07, 6.45) is 1.74. The fraction of sp³-hybridized carbons (Fsp3) is 0.167. The molecule has 3 heterocycles. The van der Waals surface area contributed by atoms with E-state index in [2.05, 4.69) is 43.2 Å². The van der Waals surface area contributed by atoms with Gasteiger partial charge in [-0.15, -0.1) is 0 Å². The van der Waals surface area contributed by atoms with Crippen LogP contribution in [0.5, 0.6) is 0 Å². The van der Waals surface area contributed by atoms with Crippen LogP contribution in [-0.4, -0.2) is 58.6 Å². The topological polar surface area (TPSA) is 121 Å². The SMILES string of the molecule is NC(=NC(=O)c1ccc(Nc2ncc3c(n2)-c2ccc(I)cc2C(c2ccccc2F)=NC3)cc1)N1CCNCC1. The van der Waals surface area contributed by atoms with Crippen LogP contribution < -0.4 is 16.4 Å². The van der Waals surface area contributed by atoms with E-state index in [4.69, 9.17) is 15.7 Å². The van der Waals surface area contributed by atoms with E-state index in [0.29, 0.717) is 48.1 Å². The van der Waals surface area contributed by atoms with E-state index in [0.717, 1.165) is 39.0 Å². The Labute approximate surface area is 250 Å². The Balaban J connectivity index is 1.25. The molecular weight excluding hydrogens is 634 g/mol. The summed E-state index contributed by atoms with van der Waals surface area (Å²) in [5, 5.41) is 6.46. The van der Waals surface area contributed by atoms with Crippen molar-refractivity contribution in [3.63, 3.8) is 0 Å². The predicted octanol–water partition coefficient (Wildman–Crippen LogP) is 4.34. The smallest absolute Gasteiger partial charge is 0.280 e. The molecule has 2 aliphatic heterocycles. The summed E-state index contributed by atoms with van der Waals surface area (Å²) in [7, 11) is 0. The highest BCUT2D eigenvalue weighted by Crippen LogP contribution is 2.33. The number of hydrogen-bond donors (Lipinski definition) is 3. The standard InChI is InChI=1S/C30H26FIN8O/c31-25-4-2-1-3-23(25)27-24-15-20(32)7-10-22(24)26-19(16-35-27)17-36-30(38-26)37-21-8-5-18(6-9-21)28(41)39-29(33)40-13-11-34-12-14-40/h1-10,15,17,34H,11-14,16H2,(H2,33,39,41)(H,36,37,38). The molecule has 1 amide bonds. The summed E-state index contributed by atoms with van der Waals surface area (Å²) < 4.78 is 15.8. The molecular formula is C30H26FIN8O. The summed E-state index contributed by atoms with van der Waals surface area (Å²) >= 11 is 2.24. The minimum absolute atomic E-state index is 0.231. The minimum Gasteiger partial charge on any atom is -0.369 e. The first-order valence-corrected chi connectivity index (χ1v) is 14.2. The molecule has 0 saturated carbocycles. The molecule has 0 unspecified atom stereocenters. The minimum atomic E-state index is -0.397. The van der Waals surface area contributed by atoms with Gasteiger partial charge in [-0.05, 0) is 71.1 Å². The second-order valence-corrected chi connectivity index (χ2v) is 10.9. The van der Waals surface area contributed by atoms with Gasteiger partial charge in [-0.1, -0.05) is 18.2 Å². The number of halogens is 2. The van der Waals surface area contributed by atoms with Crippen LogP contribution in [0.25, 0.3) is 11.3 Å². The molecule has 1 fully saturated rings. The molecule has 1 aromatic heterocycles. The number of nitrogens with zero attached hydrogens (tertiary/aromatic N) is 5. The van der Waals surface area contributed by atoms with Crippen molar-refractivity contribution in [2.45, 2.75) is 6.54 Å². The van der Waals surface area contributed by atoms with Gasteiger partial charge in [-0.25, -0.2) is 14.4 Å². The number of carbonyl (C=O) groups is 1. The quantitative estimate of drug-likeness (QED) is 0.169. The Morgan fingerprint density at radius 2 is 1.80 bits per heavy atom. The zero-order valence-corrected chi connectivity index (χ0v) is 24.1. The Kier molecular flexibility index (Phi) is 7.70. The number of nitrogens with two attached hydrogens (primary N) is 1. The number of benzene rings is 3. The monoisotopic (exact) mass is 660 g/mol. The summed E-state index contributed by atoms with van der Waals surface area (Å²) in [6, 6.07) is 19.6. The van der Waals surface area contributed by atoms with Gasteiger partial charge in [0.25, 0.3) is 5.91 Å². The van der Waals surface area contributed by atoms with Crippen LogP contribution in [0.4, 0.5) is 16.0 Å². The molecule has 11 heteroatoms. The lowest BCUT2D eigenvalue weighted by atomic mass is 9.95. The summed E-state index contributed by atoms with van der Waals surface area (Å²) in [6.45, 7) is 3.36. The molecule has 0 bridgehead atoms. The average molecular weight is 660 g/mol.